The molecule has 0 atom stereocenters. The monoisotopic (exact) mass is 397 g/mol. The number of rotatable bonds is 9. The van der Waals surface area contributed by atoms with Gasteiger partial charge in [0.25, 0.3) is 0 Å². The predicted octanol–water partition coefficient (Wildman–Crippen LogP) is 3.68. The number of carbonyl (C=O) groups is 3. The zero-order valence-electron chi connectivity index (χ0n) is 17.0. The number of amides is 2. The van der Waals surface area contributed by atoms with Crippen LogP contribution in [0.1, 0.15) is 37.6 Å². The van der Waals surface area contributed by atoms with Crippen molar-refractivity contribution in [2.24, 2.45) is 0 Å². The van der Waals surface area contributed by atoms with Gasteiger partial charge in [0.05, 0.1) is 12.2 Å². The normalized spacial score (nSPS) is 10.2. The lowest BCUT2D eigenvalue weighted by Crippen LogP contribution is -2.22. The van der Waals surface area contributed by atoms with Gasteiger partial charge in [-0.3, -0.25) is 9.59 Å². The van der Waals surface area contributed by atoms with Gasteiger partial charge in [-0.15, -0.1) is 0 Å². The molecule has 0 aliphatic rings. The molecule has 154 valence electrons. The van der Waals surface area contributed by atoms with Crippen LogP contribution in [0.3, 0.4) is 0 Å². The van der Waals surface area contributed by atoms with Crippen molar-refractivity contribution in [1.29, 1.82) is 0 Å². The van der Waals surface area contributed by atoms with E-state index >= 15 is 0 Å². The quantitative estimate of drug-likeness (QED) is 0.498. The minimum Gasteiger partial charge on any atom is -0.462 e. The summed E-state index contributed by atoms with van der Waals surface area (Å²) >= 11 is 0. The number of carbonyl (C=O) groups excluding carboxylic acids is 3. The number of ether oxygens (including phenoxy) is 1. The van der Waals surface area contributed by atoms with Crippen molar-refractivity contribution < 1.29 is 19.1 Å². The molecule has 0 saturated carbocycles. The van der Waals surface area contributed by atoms with Gasteiger partial charge in [-0.2, -0.15) is 0 Å². The van der Waals surface area contributed by atoms with E-state index in [1.54, 1.807) is 31.2 Å². The lowest BCUT2D eigenvalue weighted by molar-refractivity contribution is -0.123. The van der Waals surface area contributed by atoms with Gasteiger partial charge in [-0.05, 0) is 69.3 Å². The third kappa shape index (κ3) is 6.64. The van der Waals surface area contributed by atoms with Crippen LogP contribution in [-0.4, -0.2) is 37.5 Å². The minimum absolute atomic E-state index is 0.296. The highest BCUT2D eigenvalue weighted by Gasteiger charge is 2.12. The fourth-order valence-corrected chi connectivity index (χ4v) is 2.80. The maximum absolute atomic E-state index is 12.1. The molecular formula is C22H27N3O4. The van der Waals surface area contributed by atoms with Crippen LogP contribution in [0.15, 0.2) is 48.5 Å². The summed E-state index contributed by atoms with van der Waals surface area (Å²) in [7, 11) is 0. The van der Waals surface area contributed by atoms with Crippen LogP contribution in [0, 0.1) is 0 Å². The van der Waals surface area contributed by atoms with Crippen molar-refractivity contribution in [3.8, 4) is 0 Å². The molecule has 2 aromatic rings. The van der Waals surface area contributed by atoms with Crippen LogP contribution in [-0.2, 0) is 14.3 Å². The molecule has 0 aliphatic heterocycles. The highest BCUT2D eigenvalue weighted by atomic mass is 16.5. The fourth-order valence-electron chi connectivity index (χ4n) is 2.80. The second kappa shape index (κ2) is 10.8. The number of hydrogen-bond acceptors (Lipinski definition) is 5. The molecule has 2 amide bonds. The standard InChI is InChI=1S/C22H27N3O4/c1-4-25(5-2)19-13-11-18(12-14-19)24-21(27)15-20(26)23-17-9-7-16(8-10-17)22(28)29-6-3/h7-14H,4-6,15H2,1-3H3,(H,23,26)(H,24,27). The van der Waals surface area contributed by atoms with E-state index in [1.165, 1.54) is 0 Å². The summed E-state index contributed by atoms with van der Waals surface area (Å²) in [5, 5.41) is 5.36. The molecule has 0 radical (unpaired) electrons. The molecule has 0 unspecified atom stereocenters. The van der Waals surface area contributed by atoms with Crippen LogP contribution in [0.5, 0.6) is 0 Å². The summed E-state index contributed by atoms with van der Waals surface area (Å²) < 4.78 is 4.91. The van der Waals surface area contributed by atoms with Crippen LogP contribution in [0.25, 0.3) is 0 Å². The van der Waals surface area contributed by atoms with E-state index in [2.05, 4.69) is 29.4 Å². The van der Waals surface area contributed by atoms with Crippen LogP contribution < -0.4 is 15.5 Å². The number of anilines is 3. The summed E-state index contributed by atoms with van der Waals surface area (Å²) in [6.07, 6.45) is -0.308. The van der Waals surface area contributed by atoms with Crippen molar-refractivity contribution in [3.63, 3.8) is 0 Å². The first-order chi connectivity index (χ1) is 14.0. The summed E-state index contributed by atoms with van der Waals surface area (Å²) in [6, 6.07) is 13.8. The van der Waals surface area contributed by atoms with Gasteiger partial charge >= 0.3 is 5.97 Å². The fraction of sp³-hybridized carbons (Fsp3) is 0.318. The first-order valence-electron chi connectivity index (χ1n) is 9.68. The van der Waals surface area contributed by atoms with Crippen LogP contribution >= 0.6 is 0 Å². The topological polar surface area (TPSA) is 87.7 Å². The average Bonchev–Trinajstić information content (AvgIpc) is 2.70. The molecule has 2 aromatic carbocycles. The molecule has 0 bridgehead atoms. The molecule has 0 aliphatic carbocycles. The minimum atomic E-state index is -0.439. The van der Waals surface area contributed by atoms with Gasteiger partial charge in [0.15, 0.2) is 0 Å². The number of esters is 1. The third-order valence-electron chi connectivity index (χ3n) is 4.28. The molecular weight excluding hydrogens is 370 g/mol. The summed E-state index contributed by atoms with van der Waals surface area (Å²) in [4.78, 5) is 38.0. The van der Waals surface area contributed by atoms with E-state index in [-0.39, 0.29) is 6.42 Å². The first kappa shape index (κ1) is 21.9. The van der Waals surface area contributed by atoms with Gasteiger partial charge in [0, 0.05) is 30.2 Å². The summed E-state index contributed by atoms with van der Waals surface area (Å²) in [5.74, 6) is -1.26. The number of hydrogen-bond donors (Lipinski definition) is 2. The summed E-state index contributed by atoms with van der Waals surface area (Å²) in [5.41, 5.74) is 2.62. The lowest BCUT2D eigenvalue weighted by Gasteiger charge is -2.21. The molecule has 7 heteroatoms. The Morgan fingerprint density at radius 3 is 1.72 bits per heavy atom. The second-order valence-electron chi connectivity index (χ2n) is 6.29. The Kier molecular flexibility index (Phi) is 8.21. The Morgan fingerprint density at radius 2 is 1.28 bits per heavy atom. The Bertz CT molecular complexity index is 828. The largest absolute Gasteiger partial charge is 0.462 e. The van der Waals surface area contributed by atoms with Gasteiger partial charge < -0.3 is 20.3 Å². The Balaban J connectivity index is 1.86. The van der Waals surface area contributed by atoms with Crippen molar-refractivity contribution >= 4 is 34.8 Å². The average molecular weight is 397 g/mol. The van der Waals surface area contributed by atoms with Crippen LogP contribution in [0.2, 0.25) is 0 Å². The maximum atomic E-state index is 12.1. The maximum Gasteiger partial charge on any atom is 0.338 e. The number of nitrogens with one attached hydrogen (secondary N) is 2. The Hall–Kier alpha value is -3.35. The third-order valence-corrected chi connectivity index (χ3v) is 4.28. The molecule has 2 N–H and O–H groups in total. The van der Waals surface area contributed by atoms with E-state index in [9.17, 15) is 14.4 Å². The van der Waals surface area contributed by atoms with E-state index in [1.807, 2.05) is 24.3 Å². The SMILES string of the molecule is CCOC(=O)c1ccc(NC(=O)CC(=O)Nc2ccc(N(CC)CC)cc2)cc1. The van der Waals surface area contributed by atoms with Crippen LogP contribution in [0.4, 0.5) is 17.1 Å². The smallest absolute Gasteiger partial charge is 0.338 e. The summed E-state index contributed by atoms with van der Waals surface area (Å²) in [6.45, 7) is 8.01. The molecule has 2 rings (SSSR count). The second-order valence-corrected chi connectivity index (χ2v) is 6.29. The Morgan fingerprint density at radius 1 is 0.793 bits per heavy atom. The molecule has 0 aromatic heterocycles. The van der Waals surface area contributed by atoms with Crippen molar-refractivity contribution in [2.45, 2.75) is 27.2 Å². The van der Waals surface area contributed by atoms with Gasteiger partial charge in [-0.1, -0.05) is 0 Å². The first-order valence-corrected chi connectivity index (χ1v) is 9.68. The molecule has 0 saturated heterocycles. The molecule has 7 nitrogen and oxygen atoms in total. The molecule has 0 fully saturated rings. The highest BCUT2D eigenvalue weighted by Crippen LogP contribution is 2.18. The van der Waals surface area contributed by atoms with Crippen molar-refractivity contribution in [3.05, 3.63) is 54.1 Å². The zero-order valence-corrected chi connectivity index (χ0v) is 17.0. The van der Waals surface area contributed by atoms with E-state index < -0.39 is 17.8 Å². The predicted molar refractivity (Wildman–Crippen MR) is 114 cm³/mol. The number of benzene rings is 2. The van der Waals surface area contributed by atoms with E-state index in [0.29, 0.717) is 23.5 Å². The lowest BCUT2D eigenvalue weighted by atomic mass is 10.2. The van der Waals surface area contributed by atoms with E-state index in [0.717, 1.165) is 18.8 Å². The van der Waals surface area contributed by atoms with Gasteiger partial charge in [-0.25, -0.2) is 4.79 Å². The molecule has 29 heavy (non-hydrogen) atoms. The Labute approximate surface area is 171 Å². The zero-order chi connectivity index (χ0) is 21.2. The highest BCUT2D eigenvalue weighted by molar-refractivity contribution is 6.08. The van der Waals surface area contributed by atoms with Crippen molar-refractivity contribution in [1.82, 2.24) is 0 Å². The van der Waals surface area contributed by atoms with Gasteiger partial charge in [0.1, 0.15) is 6.42 Å². The van der Waals surface area contributed by atoms with Crippen molar-refractivity contribution in [2.75, 3.05) is 35.2 Å². The molecule has 0 spiro atoms. The van der Waals surface area contributed by atoms with Gasteiger partial charge in [0.2, 0.25) is 11.8 Å². The molecule has 0 heterocycles. The van der Waals surface area contributed by atoms with E-state index in [4.69, 9.17) is 4.74 Å². The number of nitrogens with zero attached hydrogens (tertiary/aromatic N) is 1.